The van der Waals surface area contributed by atoms with Gasteiger partial charge in [-0.15, -0.1) is 11.3 Å². The molecule has 0 aliphatic heterocycles. The number of rotatable bonds is 5. The Kier molecular flexibility index (Phi) is 5.37. The van der Waals surface area contributed by atoms with Crippen LogP contribution in [0.1, 0.15) is 10.6 Å². The molecule has 0 fully saturated rings. The highest BCUT2D eigenvalue weighted by molar-refractivity contribution is 7.21. The molecule has 3 aromatic carbocycles. The molecule has 33 heavy (non-hydrogen) atoms. The maximum absolute atomic E-state index is 12.8. The SMILES string of the molecule is O=C(Nc1cc(-c2nc3ccccc3s2)ccc1Cl)c1ccc(-c2cccc([N+](=O)[O-])c2)o1. The van der Waals surface area contributed by atoms with Gasteiger partial charge in [0.25, 0.3) is 11.6 Å². The molecule has 0 saturated heterocycles. The standard InChI is InChI=1S/C24H14ClN3O4S/c25-17-9-8-15(24-27-18-6-1-2-7-22(18)33-24)13-19(17)26-23(29)21-11-10-20(32-21)14-4-3-5-16(12-14)28(30)31/h1-13H,(H,26,29). The summed E-state index contributed by atoms with van der Waals surface area (Å²) in [4.78, 5) is 28.0. The molecule has 1 amide bonds. The number of fused-ring (bicyclic) bond motifs is 1. The quantitative estimate of drug-likeness (QED) is 0.217. The number of nitro benzene ring substituents is 1. The van der Waals surface area contributed by atoms with E-state index in [0.717, 1.165) is 20.8 Å². The van der Waals surface area contributed by atoms with E-state index in [1.165, 1.54) is 18.2 Å². The summed E-state index contributed by atoms with van der Waals surface area (Å²) in [6.07, 6.45) is 0. The molecule has 1 N–H and O–H groups in total. The van der Waals surface area contributed by atoms with Gasteiger partial charge in [-0.25, -0.2) is 4.98 Å². The maximum atomic E-state index is 12.8. The number of halogens is 1. The Balaban J connectivity index is 1.40. The molecule has 0 unspecified atom stereocenters. The number of para-hydroxylation sites is 1. The van der Waals surface area contributed by atoms with E-state index in [2.05, 4.69) is 10.3 Å². The average molecular weight is 476 g/mol. The number of benzene rings is 3. The van der Waals surface area contributed by atoms with Crippen molar-refractivity contribution in [3.8, 4) is 21.9 Å². The summed E-state index contributed by atoms with van der Waals surface area (Å²) in [6.45, 7) is 0. The Morgan fingerprint density at radius 1 is 1.00 bits per heavy atom. The van der Waals surface area contributed by atoms with Crippen LogP contribution in [-0.2, 0) is 0 Å². The van der Waals surface area contributed by atoms with Crippen LogP contribution in [0, 0.1) is 10.1 Å². The number of carbonyl (C=O) groups is 1. The van der Waals surface area contributed by atoms with Crippen molar-refractivity contribution in [2.24, 2.45) is 0 Å². The predicted molar refractivity (Wildman–Crippen MR) is 129 cm³/mol. The number of anilines is 1. The van der Waals surface area contributed by atoms with Crippen molar-refractivity contribution in [2.75, 3.05) is 5.32 Å². The van der Waals surface area contributed by atoms with Crippen LogP contribution in [0.25, 0.3) is 32.1 Å². The molecule has 0 aliphatic rings. The number of amides is 1. The Hall–Kier alpha value is -4.01. The minimum atomic E-state index is -0.491. The number of nitrogens with zero attached hydrogens (tertiary/aromatic N) is 2. The molecule has 9 heteroatoms. The van der Waals surface area contributed by atoms with Crippen LogP contribution in [-0.4, -0.2) is 15.8 Å². The van der Waals surface area contributed by atoms with E-state index in [9.17, 15) is 14.9 Å². The molecule has 0 spiro atoms. The van der Waals surface area contributed by atoms with Gasteiger partial charge in [0.15, 0.2) is 5.76 Å². The highest BCUT2D eigenvalue weighted by Crippen LogP contribution is 2.34. The van der Waals surface area contributed by atoms with E-state index in [1.807, 2.05) is 30.3 Å². The first kappa shape index (κ1) is 20.9. The number of carbonyl (C=O) groups excluding carboxylic acids is 1. The summed E-state index contributed by atoms with van der Waals surface area (Å²) in [5, 5.41) is 15.0. The fourth-order valence-electron chi connectivity index (χ4n) is 3.32. The largest absolute Gasteiger partial charge is 0.451 e. The molecule has 0 aliphatic carbocycles. The van der Waals surface area contributed by atoms with Gasteiger partial charge >= 0.3 is 0 Å². The second-order valence-electron chi connectivity index (χ2n) is 7.11. The highest BCUT2D eigenvalue weighted by atomic mass is 35.5. The van der Waals surface area contributed by atoms with E-state index >= 15 is 0 Å². The van der Waals surface area contributed by atoms with Crippen molar-refractivity contribution in [1.29, 1.82) is 0 Å². The third-order valence-corrected chi connectivity index (χ3v) is 6.34. The lowest BCUT2D eigenvalue weighted by molar-refractivity contribution is -0.384. The second kappa shape index (κ2) is 8.50. The highest BCUT2D eigenvalue weighted by Gasteiger charge is 2.16. The molecule has 0 atom stereocenters. The van der Waals surface area contributed by atoms with Crippen molar-refractivity contribution in [1.82, 2.24) is 4.98 Å². The molecular formula is C24H14ClN3O4S. The molecule has 2 heterocycles. The summed E-state index contributed by atoms with van der Waals surface area (Å²) in [5.41, 5.74) is 2.59. The van der Waals surface area contributed by atoms with E-state index < -0.39 is 10.8 Å². The van der Waals surface area contributed by atoms with Gasteiger partial charge in [-0.05, 0) is 36.4 Å². The molecule has 5 rings (SSSR count). The van der Waals surface area contributed by atoms with E-state index in [0.29, 0.717) is 22.0 Å². The molecule has 0 bridgehead atoms. The maximum Gasteiger partial charge on any atom is 0.291 e. The third kappa shape index (κ3) is 4.21. The van der Waals surface area contributed by atoms with Crippen molar-refractivity contribution in [2.45, 2.75) is 0 Å². The molecule has 2 aromatic heterocycles. The van der Waals surface area contributed by atoms with Crippen molar-refractivity contribution in [3.05, 3.63) is 99.8 Å². The zero-order valence-electron chi connectivity index (χ0n) is 16.8. The zero-order valence-corrected chi connectivity index (χ0v) is 18.4. The Morgan fingerprint density at radius 3 is 2.67 bits per heavy atom. The molecule has 5 aromatic rings. The predicted octanol–water partition coefficient (Wildman–Crippen LogP) is 7.04. The number of thiazole rings is 1. The van der Waals surface area contributed by atoms with Crippen LogP contribution < -0.4 is 5.32 Å². The minimum absolute atomic E-state index is 0.0537. The number of furan rings is 1. The Bertz CT molecular complexity index is 1490. The number of non-ortho nitro benzene ring substituents is 1. The zero-order chi connectivity index (χ0) is 22.9. The lowest BCUT2D eigenvalue weighted by Gasteiger charge is -2.07. The number of hydrogen-bond acceptors (Lipinski definition) is 6. The smallest absolute Gasteiger partial charge is 0.291 e. The fourth-order valence-corrected chi connectivity index (χ4v) is 4.45. The van der Waals surface area contributed by atoms with Crippen LogP contribution in [0.15, 0.2) is 83.3 Å². The molecule has 0 saturated carbocycles. The van der Waals surface area contributed by atoms with Gasteiger partial charge < -0.3 is 9.73 Å². The van der Waals surface area contributed by atoms with Gasteiger partial charge in [0, 0.05) is 23.3 Å². The topological polar surface area (TPSA) is 98.3 Å². The lowest BCUT2D eigenvalue weighted by atomic mass is 10.1. The first-order valence-electron chi connectivity index (χ1n) is 9.79. The molecule has 7 nitrogen and oxygen atoms in total. The summed E-state index contributed by atoms with van der Waals surface area (Å²) in [5.74, 6) is -0.0915. The summed E-state index contributed by atoms with van der Waals surface area (Å²) in [6, 6.07) is 22.3. The van der Waals surface area contributed by atoms with Crippen LogP contribution in [0.5, 0.6) is 0 Å². The number of nitro groups is 1. The van der Waals surface area contributed by atoms with Gasteiger partial charge in [0.2, 0.25) is 0 Å². The number of nitrogens with one attached hydrogen (secondary N) is 1. The van der Waals surface area contributed by atoms with Gasteiger partial charge in [0.05, 0.1) is 25.8 Å². The monoisotopic (exact) mass is 475 g/mol. The Morgan fingerprint density at radius 2 is 1.85 bits per heavy atom. The van der Waals surface area contributed by atoms with E-state index in [-0.39, 0.29) is 11.4 Å². The van der Waals surface area contributed by atoms with Crippen LogP contribution in [0.3, 0.4) is 0 Å². The van der Waals surface area contributed by atoms with Gasteiger partial charge in [-0.2, -0.15) is 0 Å². The van der Waals surface area contributed by atoms with E-state index in [4.69, 9.17) is 16.0 Å². The molecule has 0 radical (unpaired) electrons. The number of aromatic nitrogens is 1. The van der Waals surface area contributed by atoms with Gasteiger partial charge in [0.1, 0.15) is 10.8 Å². The van der Waals surface area contributed by atoms with Crippen molar-refractivity contribution in [3.63, 3.8) is 0 Å². The first-order chi connectivity index (χ1) is 16.0. The fraction of sp³-hybridized carbons (Fsp3) is 0. The Labute approximate surface area is 196 Å². The third-order valence-electron chi connectivity index (χ3n) is 4.93. The van der Waals surface area contributed by atoms with Crippen LogP contribution >= 0.6 is 22.9 Å². The molecular weight excluding hydrogens is 462 g/mol. The number of hydrogen-bond donors (Lipinski definition) is 1. The van der Waals surface area contributed by atoms with Crippen LogP contribution in [0.2, 0.25) is 5.02 Å². The van der Waals surface area contributed by atoms with Crippen LogP contribution in [0.4, 0.5) is 11.4 Å². The summed E-state index contributed by atoms with van der Waals surface area (Å²) >= 11 is 7.87. The van der Waals surface area contributed by atoms with E-state index in [1.54, 1.807) is 41.7 Å². The lowest BCUT2D eigenvalue weighted by Crippen LogP contribution is -2.11. The minimum Gasteiger partial charge on any atom is -0.451 e. The summed E-state index contributed by atoms with van der Waals surface area (Å²) in [7, 11) is 0. The van der Waals surface area contributed by atoms with Gasteiger partial charge in [-0.3, -0.25) is 14.9 Å². The average Bonchev–Trinajstić information content (AvgIpc) is 3.48. The second-order valence-corrected chi connectivity index (χ2v) is 8.54. The first-order valence-corrected chi connectivity index (χ1v) is 11.0. The normalized spacial score (nSPS) is 10.9. The summed E-state index contributed by atoms with van der Waals surface area (Å²) < 4.78 is 6.71. The van der Waals surface area contributed by atoms with Gasteiger partial charge in [-0.1, -0.05) is 41.9 Å². The molecule has 162 valence electrons. The van der Waals surface area contributed by atoms with Crippen molar-refractivity contribution >= 4 is 50.4 Å². The van der Waals surface area contributed by atoms with Crippen molar-refractivity contribution < 1.29 is 14.1 Å².